The third kappa shape index (κ3) is 2.98. The van der Waals surface area contributed by atoms with Gasteiger partial charge in [-0.3, -0.25) is 0 Å². The summed E-state index contributed by atoms with van der Waals surface area (Å²) in [6.07, 6.45) is 0. The molecule has 0 amide bonds. The Bertz CT molecular complexity index is 647. The van der Waals surface area contributed by atoms with Crippen molar-refractivity contribution in [2.75, 3.05) is 12.4 Å². The zero-order valence-electron chi connectivity index (χ0n) is 10.7. The first-order valence-electron chi connectivity index (χ1n) is 5.75. The van der Waals surface area contributed by atoms with Gasteiger partial charge in [-0.25, -0.2) is 0 Å². The summed E-state index contributed by atoms with van der Waals surface area (Å²) >= 11 is 6.07. The van der Waals surface area contributed by atoms with Gasteiger partial charge in [0.2, 0.25) is 0 Å². The van der Waals surface area contributed by atoms with Crippen LogP contribution in [-0.4, -0.2) is 7.11 Å². The predicted molar refractivity (Wildman–Crippen MR) is 77.2 cm³/mol. The minimum atomic E-state index is 0.554. The molecule has 0 saturated heterocycles. The van der Waals surface area contributed by atoms with Crippen LogP contribution in [0.3, 0.4) is 0 Å². The van der Waals surface area contributed by atoms with Crippen LogP contribution in [-0.2, 0) is 0 Å². The van der Waals surface area contributed by atoms with Crippen LogP contribution in [0.4, 0.5) is 11.4 Å². The summed E-state index contributed by atoms with van der Waals surface area (Å²) in [7, 11) is 1.58. The second-order valence-electron chi connectivity index (χ2n) is 4.12. The third-order valence-corrected chi connectivity index (χ3v) is 3.08. The molecule has 0 aromatic heterocycles. The number of nitrogens with zero attached hydrogens (tertiary/aromatic N) is 1. The van der Waals surface area contributed by atoms with E-state index in [-0.39, 0.29) is 0 Å². The van der Waals surface area contributed by atoms with Crippen molar-refractivity contribution in [2.24, 2.45) is 0 Å². The van der Waals surface area contributed by atoms with E-state index in [1.54, 1.807) is 25.3 Å². The van der Waals surface area contributed by atoms with Gasteiger partial charge in [-0.2, -0.15) is 5.26 Å². The molecule has 96 valence electrons. The molecule has 2 aromatic carbocycles. The maximum absolute atomic E-state index is 8.89. The van der Waals surface area contributed by atoms with Gasteiger partial charge in [0.25, 0.3) is 0 Å². The van der Waals surface area contributed by atoms with Crippen LogP contribution in [0, 0.1) is 18.3 Å². The lowest BCUT2D eigenvalue weighted by atomic mass is 10.1. The second-order valence-corrected chi connectivity index (χ2v) is 4.52. The molecule has 1 N–H and O–H groups in total. The third-order valence-electron chi connectivity index (χ3n) is 2.79. The van der Waals surface area contributed by atoms with Crippen molar-refractivity contribution in [1.82, 2.24) is 0 Å². The Labute approximate surface area is 117 Å². The molecule has 2 rings (SSSR count). The maximum Gasteiger partial charge on any atom is 0.137 e. The van der Waals surface area contributed by atoms with E-state index >= 15 is 0 Å². The predicted octanol–water partition coefficient (Wildman–Crippen LogP) is 4.27. The number of ether oxygens (including phenoxy) is 1. The molecule has 4 heteroatoms. The van der Waals surface area contributed by atoms with Gasteiger partial charge in [0.15, 0.2) is 0 Å². The Morgan fingerprint density at radius 3 is 2.42 bits per heavy atom. The first-order valence-corrected chi connectivity index (χ1v) is 6.13. The van der Waals surface area contributed by atoms with Crippen molar-refractivity contribution in [1.29, 1.82) is 5.26 Å². The van der Waals surface area contributed by atoms with Gasteiger partial charge in [0.05, 0.1) is 23.8 Å². The molecule has 0 unspecified atom stereocenters. The number of halogens is 1. The molecule has 0 spiro atoms. The summed E-state index contributed by atoms with van der Waals surface area (Å²) in [6.45, 7) is 1.91. The highest BCUT2D eigenvalue weighted by atomic mass is 35.5. The SMILES string of the molecule is COc1ccc(Nc2ccc(C#N)c(C)c2)cc1Cl. The molecule has 0 radical (unpaired) electrons. The van der Waals surface area contributed by atoms with Crippen molar-refractivity contribution in [3.63, 3.8) is 0 Å². The number of methoxy groups -OCH3 is 1. The normalized spacial score (nSPS) is 9.79. The zero-order valence-corrected chi connectivity index (χ0v) is 11.5. The first-order chi connectivity index (χ1) is 9.13. The number of aryl methyl sites for hydroxylation is 1. The molecule has 2 aromatic rings. The molecule has 0 aliphatic heterocycles. The van der Waals surface area contributed by atoms with E-state index in [9.17, 15) is 0 Å². The fourth-order valence-electron chi connectivity index (χ4n) is 1.78. The van der Waals surface area contributed by atoms with E-state index in [0.717, 1.165) is 16.9 Å². The van der Waals surface area contributed by atoms with Crippen LogP contribution < -0.4 is 10.1 Å². The van der Waals surface area contributed by atoms with Crippen molar-refractivity contribution in [3.8, 4) is 11.8 Å². The van der Waals surface area contributed by atoms with Crippen LogP contribution in [0.5, 0.6) is 5.75 Å². The molecule has 0 bridgehead atoms. The average molecular weight is 273 g/mol. The average Bonchev–Trinajstić information content (AvgIpc) is 2.39. The largest absolute Gasteiger partial charge is 0.495 e. The Balaban J connectivity index is 2.24. The molecule has 0 heterocycles. The van der Waals surface area contributed by atoms with Gasteiger partial charge in [0.1, 0.15) is 5.75 Å². The van der Waals surface area contributed by atoms with Crippen molar-refractivity contribution in [3.05, 3.63) is 52.5 Å². The van der Waals surface area contributed by atoms with Crippen molar-refractivity contribution >= 4 is 23.0 Å². The molecule has 0 atom stereocenters. The van der Waals surface area contributed by atoms with E-state index in [1.165, 1.54) is 0 Å². The summed E-state index contributed by atoms with van der Waals surface area (Å²) < 4.78 is 5.10. The monoisotopic (exact) mass is 272 g/mol. The lowest BCUT2D eigenvalue weighted by molar-refractivity contribution is 0.415. The Morgan fingerprint density at radius 1 is 1.16 bits per heavy atom. The minimum Gasteiger partial charge on any atom is -0.495 e. The first kappa shape index (κ1) is 13.3. The molecule has 3 nitrogen and oxygen atoms in total. The van der Waals surface area contributed by atoms with Crippen molar-refractivity contribution < 1.29 is 4.74 Å². The highest BCUT2D eigenvalue weighted by Crippen LogP contribution is 2.29. The number of benzene rings is 2. The number of hydrogen-bond acceptors (Lipinski definition) is 3. The number of nitriles is 1. The van der Waals surface area contributed by atoms with Gasteiger partial charge in [-0.05, 0) is 48.9 Å². The van der Waals surface area contributed by atoms with Gasteiger partial charge in [-0.15, -0.1) is 0 Å². The Kier molecular flexibility index (Phi) is 3.94. The number of anilines is 2. The molecule has 0 fully saturated rings. The van der Waals surface area contributed by atoms with Gasteiger partial charge < -0.3 is 10.1 Å². The van der Waals surface area contributed by atoms with E-state index in [0.29, 0.717) is 16.3 Å². The Hall–Kier alpha value is -2.18. The highest BCUT2D eigenvalue weighted by Gasteiger charge is 2.03. The molecule has 19 heavy (non-hydrogen) atoms. The van der Waals surface area contributed by atoms with E-state index in [4.69, 9.17) is 21.6 Å². The van der Waals surface area contributed by atoms with Crippen LogP contribution >= 0.6 is 11.6 Å². The van der Waals surface area contributed by atoms with E-state index < -0.39 is 0 Å². The number of nitrogens with one attached hydrogen (secondary N) is 1. The summed E-state index contributed by atoms with van der Waals surface area (Å²) in [6, 6.07) is 13.2. The van der Waals surface area contributed by atoms with Gasteiger partial charge in [0, 0.05) is 11.4 Å². The second kappa shape index (κ2) is 5.64. The van der Waals surface area contributed by atoms with Crippen molar-refractivity contribution in [2.45, 2.75) is 6.92 Å². The summed E-state index contributed by atoms with van der Waals surface area (Å²) in [5.74, 6) is 0.642. The van der Waals surface area contributed by atoms with E-state index in [2.05, 4.69) is 11.4 Å². The topological polar surface area (TPSA) is 45.0 Å². The summed E-state index contributed by atoms with van der Waals surface area (Å²) in [5, 5.41) is 12.7. The van der Waals surface area contributed by atoms with Crippen LogP contribution in [0.25, 0.3) is 0 Å². The lowest BCUT2D eigenvalue weighted by Gasteiger charge is -2.10. The zero-order chi connectivity index (χ0) is 13.8. The number of rotatable bonds is 3. The maximum atomic E-state index is 8.89. The molecule has 0 aliphatic rings. The number of hydrogen-bond donors (Lipinski definition) is 1. The Morgan fingerprint density at radius 2 is 1.84 bits per heavy atom. The molecule has 0 aliphatic carbocycles. The van der Waals surface area contributed by atoms with E-state index in [1.807, 2.05) is 25.1 Å². The highest BCUT2D eigenvalue weighted by molar-refractivity contribution is 6.32. The molecule has 0 saturated carbocycles. The molecular formula is C15H13ClN2O. The standard InChI is InChI=1S/C15H13ClN2O/c1-10-7-12(4-3-11(10)9-17)18-13-5-6-15(19-2)14(16)8-13/h3-8,18H,1-2H3. The molecular weight excluding hydrogens is 260 g/mol. The lowest BCUT2D eigenvalue weighted by Crippen LogP contribution is -1.93. The smallest absolute Gasteiger partial charge is 0.137 e. The summed E-state index contributed by atoms with van der Waals surface area (Å²) in [5.41, 5.74) is 3.40. The van der Waals surface area contributed by atoms with Crippen LogP contribution in [0.2, 0.25) is 5.02 Å². The quantitative estimate of drug-likeness (QED) is 0.907. The fourth-order valence-corrected chi connectivity index (χ4v) is 2.04. The van der Waals surface area contributed by atoms with Gasteiger partial charge in [-0.1, -0.05) is 11.6 Å². The van der Waals surface area contributed by atoms with Crippen LogP contribution in [0.15, 0.2) is 36.4 Å². The minimum absolute atomic E-state index is 0.554. The van der Waals surface area contributed by atoms with Gasteiger partial charge >= 0.3 is 0 Å². The fraction of sp³-hybridized carbons (Fsp3) is 0.133. The summed E-state index contributed by atoms with van der Waals surface area (Å²) in [4.78, 5) is 0. The van der Waals surface area contributed by atoms with Crippen LogP contribution in [0.1, 0.15) is 11.1 Å².